The molecule has 4 rings (SSSR count). The van der Waals surface area contributed by atoms with Crippen LogP contribution in [-0.4, -0.2) is 41.8 Å². The molecule has 1 heterocycles. The maximum absolute atomic E-state index is 11.9. The lowest BCUT2D eigenvalue weighted by Crippen LogP contribution is -2.41. The lowest BCUT2D eigenvalue weighted by Gasteiger charge is -2.32. The Morgan fingerprint density at radius 1 is 1.06 bits per heavy atom. The summed E-state index contributed by atoms with van der Waals surface area (Å²) in [6, 6.07) is 18.0. The Morgan fingerprint density at radius 3 is 2.44 bits per heavy atom. The maximum atomic E-state index is 11.9. The Labute approximate surface area is 191 Å². The number of aliphatic hydroxyl groups is 1. The molecule has 1 saturated carbocycles. The molecule has 0 radical (unpaired) electrons. The average Bonchev–Trinajstić information content (AvgIpc) is 3.48. The van der Waals surface area contributed by atoms with E-state index in [9.17, 15) is 5.11 Å². The predicted molar refractivity (Wildman–Crippen MR) is 125 cm³/mol. The van der Waals surface area contributed by atoms with E-state index in [2.05, 4.69) is 38.1 Å². The number of ether oxygens (including phenoxy) is 1. The van der Waals surface area contributed by atoms with Gasteiger partial charge in [0.25, 0.3) is 0 Å². The summed E-state index contributed by atoms with van der Waals surface area (Å²) in [7, 11) is 4.31. The summed E-state index contributed by atoms with van der Waals surface area (Å²) in [5, 5.41) is 11.9. The van der Waals surface area contributed by atoms with E-state index in [1.807, 2.05) is 42.5 Å². The first-order valence-corrected chi connectivity index (χ1v) is 11.6. The highest BCUT2D eigenvalue weighted by Crippen LogP contribution is 2.44. The third-order valence-electron chi connectivity index (χ3n) is 6.61. The largest absolute Gasteiger partial charge is 0.488 e. The van der Waals surface area contributed by atoms with E-state index in [0.29, 0.717) is 23.5 Å². The number of quaternary nitrogens is 1. The second kappa shape index (κ2) is 9.47. The predicted octanol–water partition coefficient (Wildman–Crippen LogP) is 5.06. The van der Waals surface area contributed by atoms with Crippen LogP contribution in [-0.2, 0) is 12.1 Å². The fourth-order valence-corrected chi connectivity index (χ4v) is 4.67. The molecular formula is C27H35N2O3+. The Balaban J connectivity index is 1.45. The van der Waals surface area contributed by atoms with Gasteiger partial charge in [0.05, 0.1) is 20.3 Å². The summed E-state index contributed by atoms with van der Waals surface area (Å²) in [6.07, 6.45) is 6.03. The molecule has 3 aromatic rings. The fourth-order valence-electron chi connectivity index (χ4n) is 4.67. The van der Waals surface area contributed by atoms with Crippen LogP contribution in [0.3, 0.4) is 0 Å². The molecule has 1 fully saturated rings. The smallest absolute Gasteiger partial charge is 0.231 e. The third kappa shape index (κ3) is 5.05. The summed E-state index contributed by atoms with van der Waals surface area (Å²) in [6.45, 7) is 4.20. The lowest BCUT2D eigenvalue weighted by molar-refractivity contribution is -0.904. The Morgan fingerprint density at radius 2 is 1.75 bits per heavy atom. The van der Waals surface area contributed by atoms with Crippen LogP contribution >= 0.6 is 0 Å². The fraction of sp³-hybridized carbons (Fsp3) is 0.444. The second-order valence-corrected chi connectivity index (χ2v) is 9.72. The van der Waals surface area contributed by atoms with Crippen LogP contribution in [0.5, 0.6) is 5.75 Å². The topological polar surface area (TPSA) is 55.5 Å². The van der Waals surface area contributed by atoms with Crippen LogP contribution < -0.4 is 4.74 Å². The number of benzene rings is 2. The van der Waals surface area contributed by atoms with Crippen molar-refractivity contribution in [3.05, 3.63) is 83.6 Å². The van der Waals surface area contributed by atoms with E-state index >= 15 is 0 Å². The molecule has 0 saturated heterocycles. The lowest BCUT2D eigenvalue weighted by atomic mass is 9.80. The van der Waals surface area contributed by atoms with Crippen molar-refractivity contribution in [2.75, 3.05) is 27.2 Å². The molecule has 170 valence electrons. The number of aryl methyl sites for hydroxylation is 1. The van der Waals surface area contributed by atoms with Gasteiger partial charge in [0.15, 0.2) is 11.4 Å². The molecule has 32 heavy (non-hydrogen) atoms. The normalized spacial score (nSPS) is 16.8. The minimum Gasteiger partial charge on any atom is -0.488 e. The molecule has 1 unspecified atom stereocenters. The van der Waals surface area contributed by atoms with Gasteiger partial charge in [-0.2, -0.15) is 0 Å². The van der Waals surface area contributed by atoms with E-state index in [4.69, 9.17) is 9.15 Å². The van der Waals surface area contributed by atoms with Crippen LogP contribution in [0.15, 0.2) is 65.2 Å². The number of rotatable bonds is 9. The highest BCUT2D eigenvalue weighted by Gasteiger charge is 2.45. The van der Waals surface area contributed by atoms with Crippen molar-refractivity contribution in [3.63, 3.8) is 0 Å². The van der Waals surface area contributed by atoms with Crippen molar-refractivity contribution in [2.45, 2.75) is 44.8 Å². The summed E-state index contributed by atoms with van der Waals surface area (Å²) in [4.78, 5) is 4.57. The zero-order chi connectivity index (χ0) is 22.6. The van der Waals surface area contributed by atoms with Crippen molar-refractivity contribution in [1.29, 1.82) is 0 Å². The van der Waals surface area contributed by atoms with Crippen LogP contribution in [0, 0.1) is 12.8 Å². The van der Waals surface area contributed by atoms with Gasteiger partial charge in [0.2, 0.25) is 5.89 Å². The Kier molecular flexibility index (Phi) is 6.68. The maximum Gasteiger partial charge on any atom is 0.231 e. The van der Waals surface area contributed by atoms with Gasteiger partial charge < -0.3 is 18.7 Å². The summed E-state index contributed by atoms with van der Waals surface area (Å²) >= 11 is 0. The summed E-state index contributed by atoms with van der Waals surface area (Å²) < 4.78 is 12.8. The number of nitrogens with zero attached hydrogens (tertiary/aromatic N) is 2. The quantitative estimate of drug-likeness (QED) is 0.477. The van der Waals surface area contributed by atoms with Gasteiger partial charge in [-0.1, -0.05) is 60.9 Å². The highest BCUT2D eigenvalue weighted by atomic mass is 16.5. The van der Waals surface area contributed by atoms with Gasteiger partial charge in [-0.05, 0) is 37.5 Å². The SMILES string of the molecule is Cc1ccc(OCC[N+](C)(C)Cc2cnc(C(O)(c3ccccc3)C3CCCC3)o2)cc1. The molecule has 2 aromatic carbocycles. The zero-order valence-corrected chi connectivity index (χ0v) is 19.5. The van der Waals surface area contributed by atoms with E-state index in [1.165, 1.54) is 5.56 Å². The monoisotopic (exact) mass is 435 g/mol. The molecular weight excluding hydrogens is 400 g/mol. The molecule has 0 aliphatic heterocycles. The van der Waals surface area contributed by atoms with E-state index in [0.717, 1.165) is 49.3 Å². The summed E-state index contributed by atoms with van der Waals surface area (Å²) in [5.74, 6) is 2.22. The molecule has 0 bridgehead atoms. The standard InChI is InChI=1S/C27H35N2O3/c1-21-13-15-24(16-14-21)31-18-17-29(2,3)20-25-19-28-26(32-25)27(30,23-11-7-8-12-23)22-9-5-4-6-10-22/h4-6,9-10,13-16,19,23,30H,7-8,11-12,17-18,20H2,1-3H3/q+1. The number of hydrogen-bond acceptors (Lipinski definition) is 4. The van der Waals surface area contributed by atoms with Gasteiger partial charge in [0.1, 0.15) is 25.4 Å². The number of aromatic nitrogens is 1. The van der Waals surface area contributed by atoms with Gasteiger partial charge in [-0.15, -0.1) is 0 Å². The third-order valence-corrected chi connectivity index (χ3v) is 6.61. The van der Waals surface area contributed by atoms with Crippen molar-refractivity contribution in [2.24, 2.45) is 5.92 Å². The molecule has 0 spiro atoms. The molecule has 5 heteroatoms. The van der Waals surface area contributed by atoms with Gasteiger partial charge in [-0.3, -0.25) is 0 Å². The van der Waals surface area contributed by atoms with Crippen molar-refractivity contribution < 1.29 is 18.7 Å². The highest BCUT2D eigenvalue weighted by molar-refractivity contribution is 5.30. The minimum atomic E-state index is -1.18. The first-order chi connectivity index (χ1) is 15.4. The molecule has 1 atom stereocenters. The van der Waals surface area contributed by atoms with Crippen LogP contribution in [0.1, 0.15) is 48.5 Å². The van der Waals surface area contributed by atoms with Gasteiger partial charge >= 0.3 is 0 Å². The van der Waals surface area contributed by atoms with Crippen LogP contribution in [0.4, 0.5) is 0 Å². The summed E-state index contributed by atoms with van der Waals surface area (Å²) in [5.41, 5.74) is 0.907. The number of likely N-dealkylation sites (N-methyl/N-ethyl adjacent to an activating group) is 1. The molecule has 5 nitrogen and oxygen atoms in total. The molecule has 1 aromatic heterocycles. The Hall–Kier alpha value is -2.63. The molecule has 1 aliphatic carbocycles. The van der Waals surface area contributed by atoms with Gasteiger partial charge in [-0.25, -0.2) is 4.98 Å². The van der Waals surface area contributed by atoms with E-state index in [1.54, 1.807) is 6.20 Å². The first kappa shape index (κ1) is 22.6. The van der Waals surface area contributed by atoms with Crippen molar-refractivity contribution >= 4 is 0 Å². The number of oxazole rings is 1. The molecule has 1 aliphatic rings. The van der Waals surface area contributed by atoms with E-state index in [-0.39, 0.29) is 5.92 Å². The Bertz CT molecular complexity index is 991. The van der Waals surface area contributed by atoms with Crippen LogP contribution in [0.25, 0.3) is 0 Å². The van der Waals surface area contributed by atoms with Crippen molar-refractivity contribution in [3.8, 4) is 5.75 Å². The van der Waals surface area contributed by atoms with E-state index < -0.39 is 5.60 Å². The molecule has 1 N–H and O–H groups in total. The van der Waals surface area contributed by atoms with Crippen molar-refractivity contribution in [1.82, 2.24) is 4.98 Å². The minimum absolute atomic E-state index is 0.127. The zero-order valence-electron chi connectivity index (χ0n) is 19.5. The average molecular weight is 436 g/mol. The second-order valence-electron chi connectivity index (χ2n) is 9.72. The van der Waals surface area contributed by atoms with Gasteiger partial charge in [0, 0.05) is 5.92 Å². The van der Waals surface area contributed by atoms with Crippen LogP contribution in [0.2, 0.25) is 0 Å². The number of hydrogen-bond donors (Lipinski definition) is 1. The first-order valence-electron chi connectivity index (χ1n) is 11.6. The molecule has 0 amide bonds.